The van der Waals surface area contributed by atoms with E-state index in [0.717, 1.165) is 0 Å². The zero-order valence-electron chi connectivity index (χ0n) is 10.3. The second kappa shape index (κ2) is 4.56. The number of rotatable bonds is 2. The van der Waals surface area contributed by atoms with Crippen molar-refractivity contribution in [1.82, 2.24) is 14.5 Å². The van der Waals surface area contributed by atoms with Crippen molar-refractivity contribution in [2.45, 2.75) is 24.5 Å². The third-order valence-electron chi connectivity index (χ3n) is 3.39. The van der Waals surface area contributed by atoms with Gasteiger partial charge >= 0.3 is 0 Å². The number of aromatic nitrogens is 3. The maximum Gasteiger partial charge on any atom is 0.261 e. The molecule has 0 bridgehead atoms. The molecule has 6 N–H and O–H groups in total. The van der Waals surface area contributed by atoms with E-state index in [1.807, 2.05) is 0 Å². The normalized spacial score (nSPS) is 30.1. The summed E-state index contributed by atoms with van der Waals surface area (Å²) >= 11 is 0. The highest BCUT2D eigenvalue weighted by molar-refractivity contribution is 5.76. The lowest BCUT2D eigenvalue weighted by Crippen LogP contribution is -2.33. The number of aliphatic hydroxyl groups is 3. The maximum atomic E-state index is 11.7. The van der Waals surface area contributed by atoms with Crippen LogP contribution in [0.15, 0.2) is 17.1 Å². The van der Waals surface area contributed by atoms with Crippen LogP contribution in [-0.4, -0.2) is 54.8 Å². The lowest BCUT2D eigenvalue weighted by molar-refractivity contribution is -0.0508. The number of fused-ring (bicyclic) bond motifs is 1. The van der Waals surface area contributed by atoms with Crippen LogP contribution < -0.4 is 11.3 Å². The van der Waals surface area contributed by atoms with E-state index in [1.54, 1.807) is 0 Å². The number of aliphatic hydroxyl groups excluding tert-OH is 3. The number of anilines is 1. The van der Waals surface area contributed by atoms with E-state index in [9.17, 15) is 15.0 Å². The highest BCUT2D eigenvalue weighted by Crippen LogP contribution is 2.31. The number of nitrogen functional groups attached to an aromatic ring is 1. The molecule has 1 fully saturated rings. The summed E-state index contributed by atoms with van der Waals surface area (Å²) < 4.78 is 6.79. The van der Waals surface area contributed by atoms with Crippen molar-refractivity contribution in [2.24, 2.45) is 0 Å². The zero-order valence-corrected chi connectivity index (χ0v) is 10.3. The van der Waals surface area contributed by atoms with Gasteiger partial charge in [-0.2, -0.15) is 4.98 Å². The Morgan fingerprint density at radius 1 is 1.45 bits per heavy atom. The van der Waals surface area contributed by atoms with Crippen LogP contribution in [0.2, 0.25) is 0 Å². The van der Waals surface area contributed by atoms with Gasteiger partial charge in [-0.25, -0.2) is 0 Å². The predicted molar refractivity (Wildman–Crippen MR) is 67.8 cm³/mol. The molecule has 2 aromatic heterocycles. The fourth-order valence-corrected chi connectivity index (χ4v) is 2.38. The molecule has 0 aliphatic carbocycles. The quantitative estimate of drug-likeness (QED) is 0.424. The Labute approximate surface area is 112 Å². The van der Waals surface area contributed by atoms with Gasteiger partial charge in [0.25, 0.3) is 5.56 Å². The van der Waals surface area contributed by atoms with Gasteiger partial charge in [-0.1, -0.05) is 0 Å². The van der Waals surface area contributed by atoms with E-state index in [-0.39, 0.29) is 17.0 Å². The van der Waals surface area contributed by atoms with Crippen molar-refractivity contribution >= 4 is 17.0 Å². The summed E-state index contributed by atoms with van der Waals surface area (Å²) in [5.41, 5.74) is 5.33. The third kappa shape index (κ3) is 1.79. The molecule has 0 radical (unpaired) electrons. The highest BCUT2D eigenvalue weighted by Gasteiger charge is 2.43. The molecule has 0 unspecified atom stereocenters. The van der Waals surface area contributed by atoms with Crippen LogP contribution in [0.4, 0.5) is 5.95 Å². The average molecular weight is 282 g/mol. The number of nitrogens with zero attached hydrogens (tertiary/aromatic N) is 2. The number of hydrogen-bond donors (Lipinski definition) is 5. The van der Waals surface area contributed by atoms with Crippen LogP contribution in [0.5, 0.6) is 0 Å². The van der Waals surface area contributed by atoms with Crippen LogP contribution in [0.25, 0.3) is 11.0 Å². The molecule has 1 aliphatic rings. The largest absolute Gasteiger partial charge is 0.394 e. The second-order valence-corrected chi connectivity index (χ2v) is 4.64. The molecule has 2 aromatic rings. The van der Waals surface area contributed by atoms with E-state index >= 15 is 0 Å². The molecule has 9 nitrogen and oxygen atoms in total. The van der Waals surface area contributed by atoms with Crippen molar-refractivity contribution in [3.05, 3.63) is 22.6 Å². The number of aromatic amines is 1. The number of nitrogens with one attached hydrogen (secondary N) is 1. The Bertz CT molecular complexity index is 696. The summed E-state index contributed by atoms with van der Waals surface area (Å²) in [7, 11) is 0. The molecule has 1 saturated heterocycles. The van der Waals surface area contributed by atoms with Crippen molar-refractivity contribution in [3.8, 4) is 0 Å². The van der Waals surface area contributed by atoms with E-state index in [1.165, 1.54) is 16.8 Å². The first-order chi connectivity index (χ1) is 9.52. The first kappa shape index (κ1) is 13.1. The first-order valence-electron chi connectivity index (χ1n) is 6.01. The van der Waals surface area contributed by atoms with Crippen LogP contribution >= 0.6 is 0 Å². The Kier molecular flexibility index (Phi) is 2.98. The Morgan fingerprint density at radius 3 is 2.85 bits per heavy atom. The van der Waals surface area contributed by atoms with Gasteiger partial charge in [0.1, 0.15) is 18.3 Å². The number of H-pyrrole nitrogens is 1. The lowest BCUT2D eigenvalue weighted by atomic mass is 10.1. The summed E-state index contributed by atoms with van der Waals surface area (Å²) in [6.45, 7) is -0.427. The highest BCUT2D eigenvalue weighted by atomic mass is 16.6. The SMILES string of the molecule is Nc1nc2c(ccn2[C@H]2O[C@@H](CO)[C@H](O)[C@@H]2O)c(=O)[nH]1. The maximum absolute atomic E-state index is 11.7. The van der Waals surface area contributed by atoms with Crippen LogP contribution in [0.1, 0.15) is 6.23 Å². The minimum atomic E-state index is -1.25. The van der Waals surface area contributed by atoms with Gasteiger partial charge in [-0.05, 0) is 6.07 Å². The van der Waals surface area contributed by atoms with Crippen molar-refractivity contribution < 1.29 is 20.1 Å². The molecule has 4 atom stereocenters. The third-order valence-corrected chi connectivity index (χ3v) is 3.39. The molecule has 108 valence electrons. The van der Waals surface area contributed by atoms with Crippen molar-refractivity contribution in [2.75, 3.05) is 12.3 Å². The van der Waals surface area contributed by atoms with Gasteiger partial charge < -0.3 is 30.4 Å². The molecule has 0 amide bonds. The fourth-order valence-electron chi connectivity index (χ4n) is 2.38. The summed E-state index contributed by atoms with van der Waals surface area (Å²) in [4.78, 5) is 18.1. The topological polar surface area (TPSA) is 147 Å². The minimum Gasteiger partial charge on any atom is -0.394 e. The number of hydrogen-bond acceptors (Lipinski definition) is 7. The van der Waals surface area contributed by atoms with E-state index in [0.29, 0.717) is 0 Å². The summed E-state index contributed by atoms with van der Waals surface area (Å²) in [5, 5.41) is 29.1. The average Bonchev–Trinajstić information content (AvgIpc) is 2.93. The monoisotopic (exact) mass is 282 g/mol. The molecule has 3 heterocycles. The fraction of sp³-hybridized carbons (Fsp3) is 0.455. The second-order valence-electron chi connectivity index (χ2n) is 4.64. The van der Waals surface area contributed by atoms with Gasteiger partial charge in [-0.3, -0.25) is 9.78 Å². The minimum absolute atomic E-state index is 0.0609. The van der Waals surface area contributed by atoms with Crippen molar-refractivity contribution in [3.63, 3.8) is 0 Å². The van der Waals surface area contributed by atoms with Gasteiger partial charge in [0, 0.05) is 6.20 Å². The van der Waals surface area contributed by atoms with Gasteiger partial charge in [0.05, 0.1) is 12.0 Å². The molecule has 20 heavy (non-hydrogen) atoms. The van der Waals surface area contributed by atoms with Gasteiger partial charge in [0.15, 0.2) is 11.9 Å². The Hall–Kier alpha value is -1.94. The van der Waals surface area contributed by atoms with Gasteiger partial charge in [-0.15, -0.1) is 0 Å². The molecule has 3 rings (SSSR count). The van der Waals surface area contributed by atoms with Crippen LogP contribution in [0, 0.1) is 0 Å². The van der Waals surface area contributed by atoms with Crippen LogP contribution in [-0.2, 0) is 4.74 Å². The molecule has 1 aliphatic heterocycles. The molecule has 9 heteroatoms. The van der Waals surface area contributed by atoms with Crippen LogP contribution in [0.3, 0.4) is 0 Å². The number of nitrogens with two attached hydrogens (primary N) is 1. The standard InChI is InChI=1S/C11H14N4O5/c12-11-13-8-4(9(19)14-11)1-2-15(8)10-7(18)6(17)5(3-16)20-10/h1-2,5-7,10,16-18H,3H2,(H3,12,13,14,19)/t5-,6-,7-,10-/m0/s1. The lowest BCUT2D eigenvalue weighted by Gasteiger charge is -2.17. The summed E-state index contributed by atoms with van der Waals surface area (Å²) in [5.74, 6) is -0.0609. The van der Waals surface area contributed by atoms with E-state index in [2.05, 4.69) is 9.97 Å². The van der Waals surface area contributed by atoms with E-state index < -0.39 is 36.7 Å². The molecular formula is C11H14N4O5. The molecule has 0 aromatic carbocycles. The van der Waals surface area contributed by atoms with E-state index in [4.69, 9.17) is 15.6 Å². The smallest absolute Gasteiger partial charge is 0.261 e. The summed E-state index contributed by atoms with van der Waals surface area (Å²) in [6.07, 6.45) is -2.81. The van der Waals surface area contributed by atoms with Gasteiger partial charge in [0.2, 0.25) is 5.95 Å². The number of ether oxygens (including phenoxy) is 1. The Balaban J connectivity index is 2.09. The molecular weight excluding hydrogens is 268 g/mol. The molecule has 0 saturated carbocycles. The predicted octanol–water partition coefficient (Wildman–Crippen LogP) is -2.08. The first-order valence-corrected chi connectivity index (χ1v) is 6.01. The molecule has 0 spiro atoms. The van der Waals surface area contributed by atoms with Crippen molar-refractivity contribution in [1.29, 1.82) is 0 Å². The zero-order chi connectivity index (χ0) is 14.4. The Morgan fingerprint density at radius 2 is 2.20 bits per heavy atom. The summed E-state index contributed by atoms with van der Waals surface area (Å²) in [6, 6.07) is 1.51.